The van der Waals surface area contributed by atoms with E-state index in [0.717, 1.165) is 12.3 Å². The van der Waals surface area contributed by atoms with Crippen molar-refractivity contribution < 1.29 is 9.53 Å². The van der Waals surface area contributed by atoms with Gasteiger partial charge in [-0.05, 0) is 85.3 Å². The third-order valence-electron chi connectivity index (χ3n) is 6.85. The molecule has 162 valence electrons. The lowest BCUT2D eigenvalue weighted by Gasteiger charge is -2.28. The van der Waals surface area contributed by atoms with Gasteiger partial charge in [-0.15, -0.1) is 0 Å². The fraction of sp³-hybridized carbons (Fsp3) is 0.536. The van der Waals surface area contributed by atoms with Crippen molar-refractivity contribution in [3.63, 3.8) is 0 Å². The molecule has 1 unspecified atom stereocenters. The lowest BCUT2D eigenvalue weighted by molar-refractivity contribution is 0.0734. The van der Waals surface area contributed by atoms with Crippen LogP contribution >= 0.6 is 0 Å². The first-order valence-corrected chi connectivity index (χ1v) is 12.0. The molecule has 2 aromatic rings. The Morgan fingerprint density at radius 1 is 0.967 bits per heavy atom. The summed E-state index contributed by atoms with van der Waals surface area (Å²) in [7, 11) is 0. The summed E-state index contributed by atoms with van der Waals surface area (Å²) in [4.78, 5) is 12.5. The molecule has 1 fully saturated rings. The van der Waals surface area contributed by atoms with Crippen molar-refractivity contribution in [1.29, 1.82) is 0 Å². The van der Waals surface area contributed by atoms with Crippen LogP contribution in [0, 0.1) is 11.8 Å². The molecular weight excluding hydrogens is 368 g/mol. The van der Waals surface area contributed by atoms with Crippen LogP contribution in [0.2, 0.25) is 0 Å². The second-order valence-corrected chi connectivity index (χ2v) is 9.23. The maximum atomic E-state index is 12.5. The molecule has 0 radical (unpaired) electrons. The lowest BCUT2D eigenvalue weighted by atomic mass is 9.77. The third-order valence-corrected chi connectivity index (χ3v) is 6.85. The van der Waals surface area contributed by atoms with Crippen LogP contribution in [0.5, 0.6) is 5.75 Å². The van der Waals surface area contributed by atoms with Crippen LogP contribution in [0.1, 0.15) is 99.5 Å². The average Bonchev–Trinajstić information content (AvgIpc) is 2.79. The van der Waals surface area contributed by atoms with Crippen LogP contribution in [0.4, 0.5) is 0 Å². The Morgan fingerprint density at radius 3 is 2.23 bits per heavy atom. The van der Waals surface area contributed by atoms with Gasteiger partial charge in [0, 0.05) is 0 Å². The number of unbranched alkanes of at least 4 members (excludes halogenated alkanes) is 1. The Bertz CT molecular complexity index is 767. The summed E-state index contributed by atoms with van der Waals surface area (Å²) in [6, 6.07) is 16.0. The zero-order valence-corrected chi connectivity index (χ0v) is 19.0. The van der Waals surface area contributed by atoms with E-state index < -0.39 is 0 Å². The van der Waals surface area contributed by atoms with Gasteiger partial charge in [-0.3, -0.25) is 0 Å². The van der Waals surface area contributed by atoms with Gasteiger partial charge in [0.15, 0.2) is 0 Å². The average molecular weight is 407 g/mol. The van der Waals surface area contributed by atoms with Crippen molar-refractivity contribution in [1.82, 2.24) is 0 Å². The molecule has 1 aliphatic carbocycles. The second-order valence-electron chi connectivity index (χ2n) is 9.23. The molecule has 2 heteroatoms. The summed E-state index contributed by atoms with van der Waals surface area (Å²) in [5.41, 5.74) is 3.28. The van der Waals surface area contributed by atoms with Crippen LogP contribution in [0.3, 0.4) is 0 Å². The minimum atomic E-state index is -0.278. The molecular formula is C28H38O2. The molecule has 1 aliphatic rings. The van der Waals surface area contributed by atoms with Crippen LogP contribution in [0.15, 0.2) is 48.5 Å². The minimum Gasteiger partial charge on any atom is -0.423 e. The standard InChI is InChI=1S/C28H38O2/c1-4-6-7-22-8-12-24(13-9-22)25-14-16-26(17-15-25)28(29)30-27-18-10-23(11-19-27)20-21(3)5-2/h10-11,14-19,21-22,24H,4-9,12-13,20H2,1-3H3. The zero-order chi connectivity index (χ0) is 21.3. The van der Waals surface area contributed by atoms with Gasteiger partial charge in [0.05, 0.1) is 5.56 Å². The highest BCUT2D eigenvalue weighted by Gasteiger charge is 2.22. The van der Waals surface area contributed by atoms with Gasteiger partial charge in [0.25, 0.3) is 0 Å². The van der Waals surface area contributed by atoms with Gasteiger partial charge in [-0.2, -0.15) is 0 Å². The first-order chi connectivity index (χ1) is 14.6. The summed E-state index contributed by atoms with van der Waals surface area (Å²) in [5.74, 6) is 2.57. The van der Waals surface area contributed by atoms with Crippen molar-refractivity contribution in [2.24, 2.45) is 11.8 Å². The van der Waals surface area contributed by atoms with E-state index in [2.05, 4.69) is 45.0 Å². The molecule has 1 saturated carbocycles. The van der Waals surface area contributed by atoms with Gasteiger partial charge in [-0.1, -0.05) is 70.7 Å². The molecule has 2 nitrogen and oxygen atoms in total. The molecule has 0 aromatic heterocycles. The van der Waals surface area contributed by atoms with Crippen LogP contribution in [-0.2, 0) is 6.42 Å². The summed E-state index contributed by atoms with van der Waals surface area (Å²) in [6.07, 6.45) is 11.6. The number of ether oxygens (including phenoxy) is 1. The van der Waals surface area contributed by atoms with Gasteiger partial charge in [-0.25, -0.2) is 4.79 Å². The number of esters is 1. The van der Waals surface area contributed by atoms with Gasteiger partial charge in [0.2, 0.25) is 0 Å². The second kappa shape index (κ2) is 11.3. The largest absolute Gasteiger partial charge is 0.423 e. The summed E-state index contributed by atoms with van der Waals surface area (Å²) in [5, 5.41) is 0. The highest BCUT2D eigenvalue weighted by Crippen LogP contribution is 2.37. The van der Waals surface area contributed by atoms with E-state index in [1.165, 1.54) is 62.5 Å². The fourth-order valence-electron chi connectivity index (χ4n) is 4.57. The monoisotopic (exact) mass is 406 g/mol. The molecule has 2 aromatic carbocycles. The van der Waals surface area contributed by atoms with Gasteiger partial charge >= 0.3 is 5.97 Å². The van der Waals surface area contributed by atoms with Crippen LogP contribution < -0.4 is 4.74 Å². The lowest BCUT2D eigenvalue weighted by Crippen LogP contribution is -2.14. The molecule has 0 N–H and O–H groups in total. The Balaban J connectivity index is 1.51. The van der Waals surface area contributed by atoms with Crippen LogP contribution in [0.25, 0.3) is 0 Å². The number of benzene rings is 2. The molecule has 1 atom stereocenters. The predicted octanol–water partition coefficient (Wildman–Crippen LogP) is 7.96. The Hall–Kier alpha value is -2.09. The maximum absolute atomic E-state index is 12.5. The molecule has 0 aliphatic heterocycles. The molecule has 30 heavy (non-hydrogen) atoms. The molecule has 0 heterocycles. The van der Waals surface area contributed by atoms with Crippen molar-refractivity contribution in [2.75, 3.05) is 0 Å². The molecule has 0 spiro atoms. The number of carbonyl (C=O) groups excluding carboxylic acids is 1. The fourth-order valence-corrected chi connectivity index (χ4v) is 4.57. The van der Waals surface area contributed by atoms with E-state index in [4.69, 9.17) is 4.74 Å². The highest BCUT2D eigenvalue weighted by atomic mass is 16.5. The third kappa shape index (κ3) is 6.45. The van der Waals surface area contributed by atoms with E-state index in [0.29, 0.717) is 23.1 Å². The van der Waals surface area contributed by atoms with Gasteiger partial charge in [0.1, 0.15) is 5.75 Å². The number of hydrogen-bond acceptors (Lipinski definition) is 2. The molecule has 0 bridgehead atoms. The normalized spacial score (nSPS) is 20.0. The molecule has 0 amide bonds. The van der Waals surface area contributed by atoms with Crippen molar-refractivity contribution in [3.8, 4) is 5.75 Å². The van der Waals surface area contributed by atoms with E-state index in [1.54, 1.807) is 0 Å². The zero-order valence-electron chi connectivity index (χ0n) is 19.0. The smallest absolute Gasteiger partial charge is 0.343 e. The van der Waals surface area contributed by atoms with Gasteiger partial charge < -0.3 is 4.74 Å². The highest BCUT2D eigenvalue weighted by molar-refractivity contribution is 5.91. The topological polar surface area (TPSA) is 26.3 Å². The Kier molecular flexibility index (Phi) is 8.54. The first kappa shape index (κ1) is 22.6. The minimum absolute atomic E-state index is 0.278. The SMILES string of the molecule is CCCCC1CCC(c2ccc(C(=O)Oc3ccc(CC(C)CC)cc3)cc2)CC1. The van der Waals surface area contributed by atoms with E-state index >= 15 is 0 Å². The molecule has 3 rings (SSSR count). The summed E-state index contributed by atoms with van der Waals surface area (Å²) >= 11 is 0. The Labute approximate surface area is 183 Å². The summed E-state index contributed by atoms with van der Waals surface area (Å²) < 4.78 is 5.58. The predicted molar refractivity (Wildman–Crippen MR) is 125 cm³/mol. The number of rotatable bonds is 9. The maximum Gasteiger partial charge on any atom is 0.343 e. The van der Waals surface area contributed by atoms with E-state index in [-0.39, 0.29) is 5.97 Å². The number of hydrogen-bond donors (Lipinski definition) is 0. The summed E-state index contributed by atoms with van der Waals surface area (Å²) in [6.45, 7) is 6.75. The first-order valence-electron chi connectivity index (χ1n) is 12.0. The molecule has 0 saturated heterocycles. The van der Waals surface area contributed by atoms with Crippen molar-refractivity contribution in [2.45, 2.75) is 84.5 Å². The van der Waals surface area contributed by atoms with Crippen LogP contribution in [-0.4, -0.2) is 5.97 Å². The number of carbonyl (C=O) groups is 1. The van der Waals surface area contributed by atoms with E-state index in [9.17, 15) is 4.79 Å². The van der Waals surface area contributed by atoms with E-state index in [1.807, 2.05) is 24.3 Å². The van der Waals surface area contributed by atoms with Crippen molar-refractivity contribution >= 4 is 5.97 Å². The van der Waals surface area contributed by atoms with Crippen molar-refractivity contribution in [3.05, 3.63) is 65.2 Å². The Morgan fingerprint density at radius 2 is 1.63 bits per heavy atom. The quantitative estimate of drug-likeness (QED) is 0.312.